The van der Waals surface area contributed by atoms with E-state index >= 15 is 0 Å². The lowest BCUT2D eigenvalue weighted by molar-refractivity contribution is -0.123. The Morgan fingerprint density at radius 1 is 1.58 bits per heavy atom. The first-order chi connectivity index (χ1) is 5.75. The molecule has 1 aliphatic rings. The van der Waals surface area contributed by atoms with Gasteiger partial charge in [0.05, 0.1) is 6.61 Å². The summed E-state index contributed by atoms with van der Waals surface area (Å²) in [4.78, 5) is 17.1. The van der Waals surface area contributed by atoms with Crippen molar-refractivity contribution < 1.29 is 9.63 Å². The quantitative estimate of drug-likeness (QED) is 0.481. The summed E-state index contributed by atoms with van der Waals surface area (Å²) in [5, 5.41) is 0. The van der Waals surface area contributed by atoms with Crippen molar-refractivity contribution in [3.8, 4) is 0 Å². The SMILES string of the molecule is C=C1C=CC(=O)N1CCCON. The molecule has 0 aromatic heterocycles. The molecule has 0 spiro atoms. The van der Waals surface area contributed by atoms with Crippen molar-refractivity contribution >= 4 is 5.91 Å². The summed E-state index contributed by atoms with van der Waals surface area (Å²) in [6.07, 6.45) is 3.93. The molecule has 1 heterocycles. The average Bonchev–Trinajstić information content (AvgIpc) is 2.35. The maximum absolute atomic E-state index is 11.1. The number of carbonyl (C=O) groups excluding carboxylic acids is 1. The highest BCUT2D eigenvalue weighted by Crippen LogP contribution is 2.12. The van der Waals surface area contributed by atoms with Gasteiger partial charge in [-0.05, 0) is 12.5 Å². The van der Waals surface area contributed by atoms with E-state index < -0.39 is 0 Å². The van der Waals surface area contributed by atoms with E-state index in [1.54, 1.807) is 11.0 Å². The van der Waals surface area contributed by atoms with Crippen LogP contribution in [0, 0.1) is 0 Å². The number of hydrogen-bond acceptors (Lipinski definition) is 3. The molecule has 2 N–H and O–H groups in total. The molecule has 0 saturated heterocycles. The molecule has 1 aliphatic heterocycles. The molecule has 0 aromatic carbocycles. The third-order valence-electron chi connectivity index (χ3n) is 1.67. The lowest BCUT2D eigenvalue weighted by Gasteiger charge is -2.16. The molecule has 0 aliphatic carbocycles. The van der Waals surface area contributed by atoms with Gasteiger partial charge < -0.3 is 9.74 Å². The van der Waals surface area contributed by atoms with Crippen LogP contribution in [0.5, 0.6) is 0 Å². The van der Waals surface area contributed by atoms with Crippen LogP contribution in [-0.4, -0.2) is 24.0 Å². The number of carbonyl (C=O) groups is 1. The van der Waals surface area contributed by atoms with Gasteiger partial charge in [0.25, 0.3) is 5.91 Å². The smallest absolute Gasteiger partial charge is 0.251 e. The fraction of sp³-hybridized carbons (Fsp3) is 0.375. The van der Waals surface area contributed by atoms with Crippen molar-refractivity contribution in [2.45, 2.75) is 6.42 Å². The van der Waals surface area contributed by atoms with Crippen molar-refractivity contribution in [1.82, 2.24) is 4.90 Å². The number of allylic oxidation sites excluding steroid dienone is 1. The highest BCUT2D eigenvalue weighted by molar-refractivity contribution is 5.92. The first-order valence-corrected chi connectivity index (χ1v) is 3.76. The second-order valence-electron chi connectivity index (χ2n) is 2.54. The molecule has 0 aromatic rings. The minimum atomic E-state index is -0.0166. The van der Waals surface area contributed by atoms with Crippen LogP contribution in [0.1, 0.15) is 6.42 Å². The van der Waals surface area contributed by atoms with Gasteiger partial charge in [-0.25, -0.2) is 5.90 Å². The summed E-state index contributed by atoms with van der Waals surface area (Å²) >= 11 is 0. The Morgan fingerprint density at radius 2 is 2.33 bits per heavy atom. The third-order valence-corrected chi connectivity index (χ3v) is 1.67. The van der Waals surface area contributed by atoms with Crippen molar-refractivity contribution in [2.75, 3.05) is 13.2 Å². The Balaban J connectivity index is 2.33. The summed E-state index contributed by atoms with van der Waals surface area (Å²) in [5.74, 6) is 4.82. The molecule has 0 atom stereocenters. The highest BCUT2D eigenvalue weighted by atomic mass is 16.6. The van der Waals surface area contributed by atoms with Gasteiger partial charge in [-0.2, -0.15) is 0 Å². The second kappa shape index (κ2) is 4.04. The minimum absolute atomic E-state index is 0.0166. The second-order valence-corrected chi connectivity index (χ2v) is 2.54. The van der Waals surface area contributed by atoms with E-state index in [1.807, 2.05) is 0 Å². The van der Waals surface area contributed by atoms with Crippen LogP contribution >= 0.6 is 0 Å². The van der Waals surface area contributed by atoms with Gasteiger partial charge in [0, 0.05) is 18.3 Å². The third kappa shape index (κ3) is 1.93. The van der Waals surface area contributed by atoms with Crippen LogP contribution in [-0.2, 0) is 9.63 Å². The topological polar surface area (TPSA) is 55.6 Å². The fourth-order valence-electron chi connectivity index (χ4n) is 1.05. The van der Waals surface area contributed by atoms with Gasteiger partial charge in [-0.15, -0.1) is 0 Å². The number of hydrogen-bond donors (Lipinski definition) is 1. The number of nitrogens with two attached hydrogens (primary N) is 1. The maximum atomic E-state index is 11.1. The Labute approximate surface area is 71.2 Å². The van der Waals surface area contributed by atoms with E-state index in [0.29, 0.717) is 13.2 Å². The van der Waals surface area contributed by atoms with E-state index in [9.17, 15) is 4.79 Å². The van der Waals surface area contributed by atoms with Crippen LogP contribution in [0.4, 0.5) is 0 Å². The van der Waals surface area contributed by atoms with Crippen molar-refractivity contribution in [3.63, 3.8) is 0 Å². The van der Waals surface area contributed by atoms with Crippen LogP contribution in [0.15, 0.2) is 24.4 Å². The van der Waals surface area contributed by atoms with E-state index in [-0.39, 0.29) is 5.91 Å². The molecule has 4 heteroatoms. The van der Waals surface area contributed by atoms with Gasteiger partial charge in [-0.1, -0.05) is 6.58 Å². The summed E-state index contributed by atoms with van der Waals surface area (Å²) in [6.45, 7) is 4.78. The van der Waals surface area contributed by atoms with Gasteiger partial charge >= 0.3 is 0 Å². The molecule has 0 radical (unpaired) electrons. The lowest BCUT2D eigenvalue weighted by atomic mass is 10.4. The summed E-state index contributed by atoms with van der Waals surface area (Å²) in [7, 11) is 0. The summed E-state index contributed by atoms with van der Waals surface area (Å²) < 4.78 is 0. The molecule has 12 heavy (non-hydrogen) atoms. The minimum Gasteiger partial charge on any atom is -0.309 e. The molecule has 0 fully saturated rings. The zero-order valence-electron chi connectivity index (χ0n) is 6.82. The maximum Gasteiger partial charge on any atom is 0.251 e. The molecule has 4 nitrogen and oxygen atoms in total. The standard InChI is InChI=1S/C8H12N2O2/c1-7-3-4-8(11)10(7)5-2-6-12-9/h3-4H,1-2,5-6,9H2. The molecule has 1 amide bonds. The molecule has 1 rings (SSSR count). The molecule has 0 saturated carbocycles. The van der Waals surface area contributed by atoms with Crippen LogP contribution in [0.2, 0.25) is 0 Å². The van der Waals surface area contributed by atoms with E-state index in [4.69, 9.17) is 5.90 Å². The van der Waals surface area contributed by atoms with Crippen molar-refractivity contribution in [1.29, 1.82) is 0 Å². The summed E-state index contributed by atoms with van der Waals surface area (Å²) in [5.41, 5.74) is 0.733. The highest BCUT2D eigenvalue weighted by Gasteiger charge is 2.17. The average molecular weight is 168 g/mol. The van der Waals surface area contributed by atoms with E-state index in [1.165, 1.54) is 6.08 Å². The van der Waals surface area contributed by atoms with E-state index in [0.717, 1.165) is 12.1 Å². The van der Waals surface area contributed by atoms with Gasteiger partial charge in [-0.3, -0.25) is 4.79 Å². The van der Waals surface area contributed by atoms with Crippen LogP contribution in [0.3, 0.4) is 0 Å². The Bertz CT molecular complexity index is 205. The normalized spacial score (nSPS) is 16.2. The largest absolute Gasteiger partial charge is 0.309 e. The summed E-state index contributed by atoms with van der Waals surface area (Å²) in [6, 6.07) is 0. The zero-order chi connectivity index (χ0) is 8.97. The monoisotopic (exact) mass is 168 g/mol. The number of rotatable bonds is 4. The van der Waals surface area contributed by atoms with Gasteiger partial charge in [0.15, 0.2) is 0 Å². The van der Waals surface area contributed by atoms with Gasteiger partial charge in [0.2, 0.25) is 0 Å². The molecule has 0 bridgehead atoms. The van der Waals surface area contributed by atoms with Gasteiger partial charge in [0.1, 0.15) is 0 Å². The number of amides is 1. The lowest BCUT2D eigenvalue weighted by Crippen LogP contribution is -2.25. The van der Waals surface area contributed by atoms with Crippen molar-refractivity contribution in [2.24, 2.45) is 5.90 Å². The Morgan fingerprint density at radius 3 is 2.83 bits per heavy atom. The predicted octanol–water partition coefficient (Wildman–Crippen LogP) is 0.179. The number of nitrogens with zero attached hydrogens (tertiary/aromatic N) is 1. The Hall–Kier alpha value is -1.13. The molecule has 66 valence electrons. The zero-order valence-corrected chi connectivity index (χ0v) is 6.82. The molecular weight excluding hydrogens is 156 g/mol. The first kappa shape index (κ1) is 8.96. The predicted molar refractivity (Wildman–Crippen MR) is 44.7 cm³/mol. The fourth-order valence-corrected chi connectivity index (χ4v) is 1.05. The van der Waals surface area contributed by atoms with Crippen LogP contribution < -0.4 is 5.90 Å². The molecular formula is C8H12N2O2. The van der Waals surface area contributed by atoms with Crippen LogP contribution in [0.25, 0.3) is 0 Å². The van der Waals surface area contributed by atoms with Crippen molar-refractivity contribution in [3.05, 3.63) is 24.4 Å². The Kier molecular flexibility index (Phi) is 3.01. The molecule has 0 unspecified atom stereocenters. The van der Waals surface area contributed by atoms with E-state index in [2.05, 4.69) is 11.4 Å². The first-order valence-electron chi connectivity index (χ1n) is 3.76.